The predicted octanol–water partition coefficient (Wildman–Crippen LogP) is 3.75. The highest BCUT2D eigenvalue weighted by atomic mass is 19.1. The lowest BCUT2D eigenvalue weighted by Gasteiger charge is -2.24. The van der Waals surface area contributed by atoms with Gasteiger partial charge in [-0.3, -0.25) is 14.4 Å². The maximum Gasteiger partial charge on any atom is 0.407 e. The number of anilines is 2. The Morgan fingerprint density at radius 3 is 2.69 bits per heavy atom. The van der Waals surface area contributed by atoms with Crippen LogP contribution >= 0.6 is 0 Å². The molecule has 51 heavy (non-hydrogen) atoms. The maximum absolute atomic E-state index is 17.0. The molecule has 0 atom stereocenters. The summed E-state index contributed by atoms with van der Waals surface area (Å²) in [5.41, 5.74) is -0.165. The van der Waals surface area contributed by atoms with Crippen LogP contribution in [0, 0.1) is 29.0 Å². The Morgan fingerprint density at radius 2 is 1.98 bits per heavy atom. The number of H-pyrrole nitrogens is 1. The zero-order valence-corrected chi connectivity index (χ0v) is 28.9. The first kappa shape index (κ1) is 31.5. The highest BCUT2D eigenvalue weighted by molar-refractivity contribution is 5.97. The highest BCUT2D eigenvalue weighted by Crippen LogP contribution is 2.41. The van der Waals surface area contributed by atoms with Gasteiger partial charge in [0.25, 0.3) is 5.56 Å². The van der Waals surface area contributed by atoms with Gasteiger partial charge in [0.15, 0.2) is 0 Å². The number of morpholine rings is 1. The second kappa shape index (κ2) is 14.8. The number of benzene rings is 1. The predicted molar refractivity (Wildman–Crippen MR) is 191 cm³/mol. The van der Waals surface area contributed by atoms with E-state index in [4.69, 9.17) is 13.6 Å². The number of nitriles is 1. The van der Waals surface area contributed by atoms with Gasteiger partial charge in [0.05, 0.1) is 77.3 Å². The van der Waals surface area contributed by atoms with Crippen LogP contribution in [0.5, 0.6) is 0 Å². The molecule has 2 saturated heterocycles. The van der Waals surface area contributed by atoms with Gasteiger partial charge >= 0.3 is 6.09 Å². The second-order valence-electron chi connectivity index (χ2n) is 13.3. The fraction of sp³-hybridized carbons (Fsp3) is 0.444. The van der Waals surface area contributed by atoms with Crippen molar-refractivity contribution in [2.75, 3.05) is 63.1 Å². The molecule has 0 unspecified atom stereocenters. The molecule has 0 bridgehead atoms. The van der Waals surface area contributed by atoms with Crippen molar-refractivity contribution in [2.24, 2.45) is 7.05 Å². The van der Waals surface area contributed by atoms with E-state index in [0.717, 1.165) is 12.8 Å². The van der Waals surface area contributed by atoms with Crippen molar-refractivity contribution >= 4 is 28.4 Å². The lowest BCUT2D eigenvalue weighted by atomic mass is 9.94. The van der Waals surface area contributed by atoms with Crippen LogP contribution in [0.1, 0.15) is 54.5 Å². The molecule has 1 amide bonds. The van der Waals surface area contributed by atoms with Gasteiger partial charge in [-0.05, 0) is 45.7 Å². The van der Waals surface area contributed by atoms with Crippen molar-refractivity contribution in [3.05, 3.63) is 51.3 Å². The van der Waals surface area contributed by atoms with Crippen LogP contribution in [0.25, 0.3) is 33.3 Å². The van der Waals surface area contributed by atoms with E-state index in [1.807, 2.05) is 4.90 Å². The Bertz CT molecular complexity index is 2240. The summed E-state index contributed by atoms with van der Waals surface area (Å²) < 4.78 is 53.0. The number of amides is 1. The van der Waals surface area contributed by atoms with Crippen LogP contribution in [-0.2, 0) is 23.1 Å². The van der Waals surface area contributed by atoms with Crippen molar-refractivity contribution in [3.63, 3.8) is 0 Å². The summed E-state index contributed by atoms with van der Waals surface area (Å²) >= 11 is 0. The van der Waals surface area contributed by atoms with Gasteiger partial charge in [-0.1, -0.05) is 11.8 Å². The van der Waals surface area contributed by atoms with E-state index in [1.165, 1.54) is 16.9 Å². The first-order valence-electron chi connectivity index (χ1n) is 18.1. The summed E-state index contributed by atoms with van der Waals surface area (Å²) in [5, 5.41) is 26.5. The van der Waals surface area contributed by atoms with Gasteiger partial charge in [-0.15, -0.1) is 0 Å². The molecule has 5 heterocycles. The number of halogens is 1. The quantitative estimate of drug-likeness (QED) is 0.241. The molecule has 2 fully saturated rings. The Morgan fingerprint density at radius 1 is 1.22 bits per heavy atom. The van der Waals surface area contributed by atoms with Crippen LogP contribution in [0.2, 0.25) is 0 Å². The summed E-state index contributed by atoms with van der Waals surface area (Å²) in [6.07, 6.45) is 2.50. The maximum atomic E-state index is 17.0. The van der Waals surface area contributed by atoms with Crippen LogP contribution in [-0.4, -0.2) is 94.5 Å². The van der Waals surface area contributed by atoms with Crippen LogP contribution in [0.3, 0.4) is 0 Å². The van der Waals surface area contributed by atoms with Gasteiger partial charge in [-0.25, -0.2) is 19.3 Å². The number of alkyl carbamates (subject to hydrolysis) is 1. The average molecular weight is 700 g/mol. The first-order valence-corrected chi connectivity index (χ1v) is 16.6. The number of fused-ring (bicyclic) bond motifs is 1. The number of carbonyl (C=O) groups is 1. The van der Waals surface area contributed by atoms with Crippen LogP contribution in [0.4, 0.5) is 20.7 Å². The number of aryl methyl sites for hydroxylation is 1. The number of rotatable bonds is 7. The normalized spacial score (nSPS) is 16.1. The summed E-state index contributed by atoms with van der Waals surface area (Å²) in [6, 6.07) is 5.35. The summed E-state index contributed by atoms with van der Waals surface area (Å²) in [7, 11) is 1.59. The van der Waals surface area contributed by atoms with Gasteiger partial charge in [0.2, 0.25) is 0 Å². The van der Waals surface area contributed by atoms with E-state index < -0.39 is 30.0 Å². The Labute approximate surface area is 299 Å². The molecule has 15 heteroatoms. The molecule has 1 aromatic carbocycles. The standard InChI is InChI=1S/C36H41FN10O4/c1-36(2,3)51-35(49)40-21-27-23-18-26(42-33(39-4)30(23)34(48)44-43-27)25-20-41-45(5)32(25)29-24(19-38)28(47-11-6-7-12-47)17-22(31(29)37)9-8-10-46-13-15-50-16-14-46/h17-18,20H,6-7,10-16,21H2,1-5H3,(H,39,42)(H,40,49)(H,44,48)/i4D3. The minimum Gasteiger partial charge on any atom is -0.444 e. The first-order chi connectivity index (χ1) is 25.6. The summed E-state index contributed by atoms with van der Waals surface area (Å²) in [4.78, 5) is 34.5. The number of nitrogens with zero attached hydrogens (tertiary/aromatic N) is 7. The van der Waals surface area contributed by atoms with Gasteiger partial charge in [0.1, 0.15) is 23.3 Å². The molecule has 0 spiro atoms. The molecule has 6 rings (SSSR count). The highest BCUT2D eigenvalue weighted by Gasteiger charge is 2.29. The number of carbonyl (C=O) groups excluding carboxylic acids is 1. The largest absolute Gasteiger partial charge is 0.444 e. The number of hydrogen-bond acceptors (Lipinski definition) is 11. The monoisotopic (exact) mass is 699 g/mol. The van der Waals surface area contributed by atoms with Gasteiger partial charge < -0.3 is 25.0 Å². The minimum absolute atomic E-state index is 0.0457. The Balaban J connectivity index is 1.54. The molecule has 14 nitrogen and oxygen atoms in total. The van der Waals surface area contributed by atoms with E-state index >= 15 is 4.39 Å². The molecule has 0 saturated carbocycles. The third kappa shape index (κ3) is 7.50. The molecule has 2 aliphatic rings. The molecule has 266 valence electrons. The molecule has 0 radical (unpaired) electrons. The van der Waals surface area contributed by atoms with Crippen molar-refractivity contribution in [2.45, 2.75) is 45.8 Å². The van der Waals surface area contributed by atoms with E-state index in [1.54, 1.807) is 33.9 Å². The van der Waals surface area contributed by atoms with E-state index in [2.05, 4.69) is 53.7 Å². The average Bonchev–Trinajstić information content (AvgIpc) is 3.77. The van der Waals surface area contributed by atoms with E-state index in [0.29, 0.717) is 51.6 Å². The van der Waals surface area contributed by atoms with Crippen molar-refractivity contribution in [1.82, 2.24) is 35.2 Å². The fourth-order valence-corrected chi connectivity index (χ4v) is 6.28. The minimum atomic E-state index is -2.78. The molecule has 3 aromatic heterocycles. The van der Waals surface area contributed by atoms with E-state index in [-0.39, 0.29) is 62.5 Å². The molecule has 0 aliphatic carbocycles. The second-order valence-corrected chi connectivity index (χ2v) is 13.3. The van der Waals surface area contributed by atoms with Crippen molar-refractivity contribution in [3.8, 4) is 40.4 Å². The van der Waals surface area contributed by atoms with Crippen molar-refractivity contribution < 1.29 is 22.8 Å². The summed E-state index contributed by atoms with van der Waals surface area (Å²) in [6.45, 7) is 6.51. The lowest BCUT2D eigenvalue weighted by Crippen LogP contribution is -2.36. The number of nitrogens with one attached hydrogen (secondary N) is 3. The smallest absolute Gasteiger partial charge is 0.407 e. The molecule has 4 aromatic rings. The fourth-order valence-electron chi connectivity index (χ4n) is 6.28. The van der Waals surface area contributed by atoms with Crippen LogP contribution in [0.15, 0.2) is 23.1 Å². The molecular formula is C36H41FN10O4. The number of ether oxygens (including phenoxy) is 2. The number of aromatic nitrogens is 5. The van der Waals surface area contributed by atoms with E-state index in [9.17, 15) is 14.9 Å². The van der Waals surface area contributed by atoms with Gasteiger partial charge in [-0.2, -0.15) is 15.5 Å². The SMILES string of the molecule is [2H]C([2H])([2H])Nc1nc(-c2cnn(C)c2-c2c(F)c(C#CCN3CCOCC3)cc(N3CCCC3)c2C#N)cc2c(CNC(=O)OC(C)(C)C)n[nH]c(=O)c12. The lowest BCUT2D eigenvalue weighted by molar-refractivity contribution is 0.0443. The number of hydrogen-bond donors (Lipinski definition) is 3. The zero-order chi connectivity index (χ0) is 38.8. The third-order valence-corrected chi connectivity index (χ3v) is 8.65. The Kier molecular flexibility index (Phi) is 9.11. The zero-order valence-electron chi connectivity index (χ0n) is 31.9. The summed E-state index contributed by atoms with van der Waals surface area (Å²) in [5.74, 6) is 5.08. The van der Waals surface area contributed by atoms with Crippen molar-refractivity contribution in [1.29, 1.82) is 5.26 Å². The molecule has 3 N–H and O–H groups in total. The van der Waals surface area contributed by atoms with Gasteiger partial charge in [0, 0.05) is 55.3 Å². The topological polar surface area (TPSA) is 166 Å². The molecular weight excluding hydrogens is 655 g/mol. The van der Waals surface area contributed by atoms with Crippen LogP contribution < -0.4 is 21.1 Å². The Hall–Kier alpha value is -5.51. The molecule has 2 aliphatic heterocycles. The number of pyridine rings is 1. The number of aromatic amines is 1. The third-order valence-electron chi connectivity index (χ3n) is 8.65.